The molecule has 1 rings (SSSR count). The molecule has 0 aliphatic rings. The van der Waals surface area contributed by atoms with Gasteiger partial charge in [0.15, 0.2) is 6.73 Å². The summed E-state index contributed by atoms with van der Waals surface area (Å²) in [7, 11) is 0. The lowest BCUT2D eigenvalue weighted by Gasteiger charge is -2.20. The molecule has 0 aliphatic carbocycles. The van der Waals surface area contributed by atoms with Gasteiger partial charge in [-0.1, -0.05) is 24.8 Å². The van der Waals surface area contributed by atoms with Crippen LogP contribution < -0.4 is 5.32 Å². The molecule has 0 unspecified atom stereocenters. The zero-order chi connectivity index (χ0) is 22.9. The maximum absolute atomic E-state index is 12.9. The Morgan fingerprint density at radius 2 is 1.90 bits per heavy atom. The maximum Gasteiger partial charge on any atom is 0.416 e. The Kier molecular flexibility index (Phi) is 9.14. The topological polar surface area (TPSA) is 64.6 Å². The fraction of sp³-hybridized carbons (Fsp3) is 0.455. The molecule has 0 bridgehead atoms. The van der Waals surface area contributed by atoms with Gasteiger partial charge in [-0.15, -0.1) is 6.58 Å². The second kappa shape index (κ2) is 10.8. The van der Waals surface area contributed by atoms with Gasteiger partial charge in [-0.25, -0.2) is 4.79 Å². The minimum atomic E-state index is -4.47. The van der Waals surface area contributed by atoms with Gasteiger partial charge in [0.2, 0.25) is 0 Å². The largest absolute Gasteiger partial charge is 0.444 e. The molecule has 166 valence electrons. The Morgan fingerprint density at radius 3 is 2.47 bits per heavy atom. The van der Waals surface area contributed by atoms with Crippen LogP contribution in [0.4, 0.5) is 18.0 Å². The van der Waals surface area contributed by atoms with Crippen LogP contribution in [0.15, 0.2) is 43.5 Å². The summed E-state index contributed by atoms with van der Waals surface area (Å²) >= 11 is 0. The van der Waals surface area contributed by atoms with E-state index in [9.17, 15) is 22.8 Å². The van der Waals surface area contributed by atoms with Gasteiger partial charge < -0.3 is 9.47 Å². The molecule has 0 saturated heterocycles. The van der Waals surface area contributed by atoms with Gasteiger partial charge in [0, 0.05) is 0 Å². The van der Waals surface area contributed by atoms with Crippen LogP contribution in [-0.4, -0.2) is 24.4 Å². The lowest BCUT2D eigenvalue weighted by atomic mass is 9.91. The highest BCUT2D eigenvalue weighted by atomic mass is 19.4. The lowest BCUT2D eigenvalue weighted by Crippen LogP contribution is -2.35. The Balaban J connectivity index is 2.74. The summed E-state index contributed by atoms with van der Waals surface area (Å²) in [6.07, 6.45) is -2.56. The summed E-state index contributed by atoms with van der Waals surface area (Å²) < 4.78 is 48.9. The minimum absolute atomic E-state index is 0.112. The van der Waals surface area contributed by atoms with Crippen molar-refractivity contribution >= 4 is 17.6 Å². The van der Waals surface area contributed by atoms with Gasteiger partial charge in [0.1, 0.15) is 5.60 Å². The maximum atomic E-state index is 12.9. The van der Waals surface area contributed by atoms with Crippen LogP contribution in [0.1, 0.15) is 51.2 Å². The molecule has 0 fully saturated rings. The number of nitrogens with one attached hydrogen (secondary N) is 1. The first-order valence-corrected chi connectivity index (χ1v) is 9.43. The van der Waals surface area contributed by atoms with Crippen LogP contribution in [-0.2, 0) is 20.4 Å². The molecule has 0 aromatic heterocycles. The Morgan fingerprint density at radius 1 is 1.23 bits per heavy atom. The molecule has 1 aromatic carbocycles. The second-order valence-electron chi connectivity index (χ2n) is 7.74. The molecule has 0 saturated carbocycles. The van der Waals surface area contributed by atoms with E-state index in [0.717, 1.165) is 12.1 Å². The summed E-state index contributed by atoms with van der Waals surface area (Å²) in [6, 6.07) is 4.79. The van der Waals surface area contributed by atoms with Crippen molar-refractivity contribution in [1.82, 2.24) is 5.32 Å². The van der Waals surface area contributed by atoms with Crippen LogP contribution in [0.3, 0.4) is 0 Å². The van der Waals surface area contributed by atoms with Gasteiger partial charge in [-0.3, -0.25) is 10.1 Å². The number of halogens is 3. The normalized spacial score (nSPS) is 12.6. The smallest absolute Gasteiger partial charge is 0.416 e. The summed E-state index contributed by atoms with van der Waals surface area (Å²) in [6.45, 7) is 12.2. The fourth-order valence-corrected chi connectivity index (χ4v) is 2.55. The molecule has 8 heteroatoms. The predicted molar refractivity (Wildman–Crippen MR) is 108 cm³/mol. The molecule has 5 nitrogen and oxygen atoms in total. The zero-order valence-corrected chi connectivity index (χ0v) is 17.5. The fourth-order valence-electron chi connectivity index (χ4n) is 2.55. The number of carbonyl (C=O) groups is 2. The SMILES string of the molecule is C=CCC[C@H](CC(=C)c1cccc(C(F)(F)F)c1)C(=O)OCNC(=O)OC(C)(C)C. The average Bonchev–Trinajstić information content (AvgIpc) is 2.62. The molecule has 0 spiro atoms. The van der Waals surface area contributed by atoms with Crippen molar-refractivity contribution in [3.8, 4) is 0 Å². The molecule has 1 aromatic rings. The van der Waals surface area contributed by atoms with Gasteiger partial charge in [0.25, 0.3) is 0 Å². The van der Waals surface area contributed by atoms with Crippen LogP contribution in [0.2, 0.25) is 0 Å². The number of ether oxygens (including phenoxy) is 2. The Bertz CT molecular complexity index is 766. The van der Waals surface area contributed by atoms with E-state index >= 15 is 0 Å². The highest BCUT2D eigenvalue weighted by Gasteiger charge is 2.31. The lowest BCUT2D eigenvalue weighted by molar-refractivity contribution is -0.149. The van der Waals surface area contributed by atoms with Crippen molar-refractivity contribution in [1.29, 1.82) is 0 Å². The first kappa shape index (κ1) is 25.3. The molecule has 0 heterocycles. The molecule has 30 heavy (non-hydrogen) atoms. The second-order valence-corrected chi connectivity index (χ2v) is 7.74. The summed E-state index contributed by atoms with van der Waals surface area (Å²) in [5, 5.41) is 2.32. The van der Waals surface area contributed by atoms with Gasteiger partial charge in [-0.2, -0.15) is 13.2 Å². The van der Waals surface area contributed by atoms with Gasteiger partial charge >= 0.3 is 18.2 Å². The molecule has 1 atom stereocenters. The Labute approximate surface area is 174 Å². The minimum Gasteiger partial charge on any atom is -0.444 e. The van der Waals surface area contributed by atoms with Crippen molar-refractivity contribution < 1.29 is 32.2 Å². The summed E-state index contributed by atoms with van der Waals surface area (Å²) in [4.78, 5) is 24.1. The quantitative estimate of drug-likeness (QED) is 0.311. The number of amides is 1. The van der Waals surface area contributed by atoms with Gasteiger partial charge in [0.05, 0.1) is 11.5 Å². The predicted octanol–water partition coefficient (Wildman–Crippen LogP) is 5.72. The van der Waals surface area contributed by atoms with Gasteiger partial charge in [-0.05, 0) is 63.3 Å². The number of allylic oxidation sites excluding steroid dienone is 2. The number of hydrogen-bond acceptors (Lipinski definition) is 4. The van der Waals surface area contributed by atoms with Crippen molar-refractivity contribution in [3.63, 3.8) is 0 Å². The molecule has 1 amide bonds. The standard InChI is InChI=1S/C22H28F3NO4/c1-6-7-9-17(19(27)29-14-26-20(28)30-21(3,4)5)12-15(2)16-10-8-11-18(13-16)22(23,24)25/h6,8,10-11,13,17H,1-2,7,9,12,14H2,3-5H3,(H,26,28)/t17-/m1/s1. The third-order valence-electron chi connectivity index (χ3n) is 3.97. The van der Waals surface area contributed by atoms with E-state index in [1.54, 1.807) is 26.8 Å². The highest BCUT2D eigenvalue weighted by molar-refractivity contribution is 5.77. The Hall–Kier alpha value is -2.77. The van der Waals surface area contributed by atoms with Crippen molar-refractivity contribution in [2.75, 3.05) is 6.73 Å². The van der Waals surface area contributed by atoms with Crippen LogP contribution in [0.5, 0.6) is 0 Å². The molecule has 0 radical (unpaired) electrons. The van der Waals surface area contributed by atoms with E-state index in [4.69, 9.17) is 9.47 Å². The van der Waals surface area contributed by atoms with Crippen molar-refractivity contribution in [2.24, 2.45) is 5.92 Å². The van der Waals surface area contributed by atoms with E-state index in [1.807, 2.05) is 0 Å². The summed E-state index contributed by atoms with van der Waals surface area (Å²) in [5.74, 6) is -1.24. The number of alkyl halides is 3. The van der Waals surface area contributed by atoms with Crippen LogP contribution in [0.25, 0.3) is 5.57 Å². The number of benzene rings is 1. The van der Waals surface area contributed by atoms with E-state index in [1.165, 1.54) is 12.1 Å². The van der Waals surface area contributed by atoms with E-state index < -0.39 is 35.3 Å². The van der Waals surface area contributed by atoms with E-state index in [-0.39, 0.29) is 13.2 Å². The first-order chi connectivity index (χ1) is 13.8. The summed E-state index contributed by atoms with van der Waals surface area (Å²) in [5.41, 5.74) is -0.795. The monoisotopic (exact) mass is 427 g/mol. The third kappa shape index (κ3) is 9.15. The molecule has 0 aliphatic heterocycles. The van der Waals surface area contributed by atoms with Crippen molar-refractivity contribution in [3.05, 3.63) is 54.6 Å². The molecular weight excluding hydrogens is 399 g/mol. The number of carbonyl (C=O) groups excluding carboxylic acids is 2. The van der Waals surface area contributed by atoms with Crippen molar-refractivity contribution in [2.45, 2.75) is 51.8 Å². The number of esters is 1. The zero-order valence-electron chi connectivity index (χ0n) is 17.5. The number of hydrogen-bond donors (Lipinski definition) is 1. The number of alkyl carbamates (subject to hydrolysis) is 1. The van der Waals surface area contributed by atoms with Crippen LogP contribution in [0, 0.1) is 5.92 Å². The van der Waals surface area contributed by atoms with E-state index in [2.05, 4.69) is 18.5 Å². The molecule has 1 N–H and O–H groups in total. The third-order valence-corrected chi connectivity index (χ3v) is 3.97. The van der Waals surface area contributed by atoms with Crippen LogP contribution >= 0.6 is 0 Å². The average molecular weight is 427 g/mol. The molecular formula is C22H28F3NO4. The van der Waals surface area contributed by atoms with E-state index in [0.29, 0.717) is 24.0 Å². The highest BCUT2D eigenvalue weighted by Crippen LogP contribution is 2.32. The number of rotatable bonds is 9. The first-order valence-electron chi connectivity index (χ1n) is 9.43.